The standard InChI is InChI=1S/C6H14N2O2S3/c1-13(9,10)7-4-5-2-6(3-5)8-12-11/h5-8,11H,2-4H2,1H3/t5-,6+. The molecule has 1 fully saturated rings. The zero-order valence-electron chi connectivity index (χ0n) is 7.36. The Hall–Kier alpha value is 0.570. The van der Waals surface area contributed by atoms with E-state index in [-0.39, 0.29) is 0 Å². The van der Waals surface area contributed by atoms with Gasteiger partial charge in [0.25, 0.3) is 0 Å². The number of thiol groups is 1. The molecule has 78 valence electrons. The van der Waals surface area contributed by atoms with Crippen LogP contribution in [0.3, 0.4) is 0 Å². The second-order valence-corrected chi connectivity index (χ2v) is 6.16. The molecule has 0 radical (unpaired) electrons. The van der Waals surface area contributed by atoms with Gasteiger partial charge in [0.2, 0.25) is 10.0 Å². The molecule has 0 spiro atoms. The zero-order valence-corrected chi connectivity index (χ0v) is 9.88. The van der Waals surface area contributed by atoms with Crippen molar-refractivity contribution in [2.75, 3.05) is 12.8 Å². The fourth-order valence-corrected chi connectivity index (χ4v) is 2.67. The third-order valence-electron chi connectivity index (χ3n) is 2.09. The van der Waals surface area contributed by atoms with Gasteiger partial charge in [-0.25, -0.2) is 13.1 Å². The Bertz CT molecular complexity index is 249. The van der Waals surface area contributed by atoms with Gasteiger partial charge < -0.3 is 0 Å². The van der Waals surface area contributed by atoms with Crippen LogP contribution in [-0.4, -0.2) is 27.3 Å². The molecule has 0 saturated heterocycles. The van der Waals surface area contributed by atoms with E-state index in [0.29, 0.717) is 18.5 Å². The van der Waals surface area contributed by atoms with Gasteiger partial charge in [-0.3, -0.25) is 4.72 Å². The molecule has 0 aromatic rings. The van der Waals surface area contributed by atoms with Crippen molar-refractivity contribution in [3.05, 3.63) is 0 Å². The van der Waals surface area contributed by atoms with Crippen molar-refractivity contribution in [1.82, 2.24) is 9.44 Å². The van der Waals surface area contributed by atoms with Crippen molar-refractivity contribution < 1.29 is 8.42 Å². The Morgan fingerprint density at radius 1 is 1.54 bits per heavy atom. The summed E-state index contributed by atoms with van der Waals surface area (Å²) in [6.45, 7) is 0.564. The van der Waals surface area contributed by atoms with E-state index >= 15 is 0 Å². The van der Waals surface area contributed by atoms with Crippen LogP contribution in [-0.2, 0) is 10.0 Å². The van der Waals surface area contributed by atoms with Crippen LogP contribution >= 0.6 is 22.6 Å². The largest absolute Gasteiger partial charge is 0.252 e. The van der Waals surface area contributed by atoms with Crippen molar-refractivity contribution in [2.45, 2.75) is 18.9 Å². The first-order valence-electron chi connectivity index (χ1n) is 4.02. The number of hydrogen-bond donors (Lipinski definition) is 3. The SMILES string of the molecule is CS(=O)(=O)NC[C@H]1C[C@@H](NSS)C1. The van der Waals surface area contributed by atoms with E-state index in [0.717, 1.165) is 12.8 Å². The van der Waals surface area contributed by atoms with Crippen LogP contribution in [0.2, 0.25) is 0 Å². The number of sulfonamides is 1. The summed E-state index contributed by atoms with van der Waals surface area (Å²) in [6, 6.07) is 0.494. The van der Waals surface area contributed by atoms with Crippen LogP contribution in [0.5, 0.6) is 0 Å². The fraction of sp³-hybridized carbons (Fsp3) is 1.00. The Morgan fingerprint density at radius 2 is 2.15 bits per heavy atom. The van der Waals surface area contributed by atoms with Crippen LogP contribution in [0.15, 0.2) is 0 Å². The minimum Gasteiger partial charge on any atom is -0.252 e. The monoisotopic (exact) mass is 242 g/mol. The molecule has 13 heavy (non-hydrogen) atoms. The van der Waals surface area contributed by atoms with Gasteiger partial charge in [0.05, 0.1) is 6.26 Å². The molecule has 1 saturated carbocycles. The van der Waals surface area contributed by atoms with E-state index in [1.54, 1.807) is 0 Å². The summed E-state index contributed by atoms with van der Waals surface area (Å²) in [7, 11) is -1.70. The van der Waals surface area contributed by atoms with Gasteiger partial charge in [0.15, 0.2) is 0 Å². The van der Waals surface area contributed by atoms with Crippen LogP contribution in [0.4, 0.5) is 0 Å². The molecule has 1 aliphatic carbocycles. The minimum absolute atomic E-state index is 0.479. The predicted octanol–water partition coefficient (Wildman–Crippen LogP) is 0.397. The topological polar surface area (TPSA) is 58.2 Å². The van der Waals surface area contributed by atoms with Crippen molar-refractivity contribution in [3.8, 4) is 0 Å². The van der Waals surface area contributed by atoms with E-state index in [4.69, 9.17) is 0 Å². The zero-order chi connectivity index (χ0) is 9.90. The van der Waals surface area contributed by atoms with Gasteiger partial charge in [-0.2, -0.15) is 0 Å². The minimum atomic E-state index is -3.02. The number of hydrogen-bond acceptors (Lipinski definition) is 5. The highest BCUT2D eigenvalue weighted by Gasteiger charge is 2.28. The van der Waals surface area contributed by atoms with E-state index in [9.17, 15) is 8.42 Å². The first kappa shape index (κ1) is 11.6. The highest BCUT2D eigenvalue weighted by Crippen LogP contribution is 2.28. The highest BCUT2D eigenvalue weighted by molar-refractivity contribution is 8.67. The molecule has 1 aliphatic rings. The normalized spacial score (nSPS) is 28.5. The summed E-state index contributed by atoms with van der Waals surface area (Å²) in [4.78, 5) is 0. The average molecular weight is 242 g/mol. The molecule has 1 rings (SSSR count). The number of nitrogens with one attached hydrogen (secondary N) is 2. The molecule has 0 heterocycles. The van der Waals surface area contributed by atoms with Crippen molar-refractivity contribution in [2.24, 2.45) is 5.92 Å². The molecular weight excluding hydrogens is 228 g/mol. The molecule has 0 aromatic carbocycles. The summed E-state index contributed by atoms with van der Waals surface area (Å²) in [6.07, 6.45) is 3.23. The Labute approximate surface area is 88.2 Å². The molecule has 4 nitrogen and oxygen atoms in total. The van der Waals surface area contributed by atoms with Crippen LogP contribution in [0, 0.1) is 5.92 Å². The van der Waals surface area contributed by atoms with Crippen molar-refractivity contribution in [3.63, 3.8) is 0 Å². The van der Waals surface area contributed by atoms with Crippen LogP contribution < -0.4 is 9.44 Å². The molecule has 2 N–H and O–H groups in total. The summed E-state index contributed by atoms with van der Waals surface area (Å²) in [5.41, 5.74) is 0. The van der Waals surface area contributed by atoms with Crippen molar-refractivity contribution >= 4 is 32.7 Å². The van der Waals surface area contributed by atoms with E-state index < -0.39 is 10.0 Å². The molecule has 0 aromatic heterocycles. The van der Waals surface area contributed by atoms with Gasteiger partial charge in [0.1, 0.15) is 0 Å². The Balaban J connectivity index is 2.09. The Morgan fingerprint density at radius 3 is 2.62 bits per heavy atom. The lowest BCUT2D eigenvalue weighted by molar-refractivity contribution is 0.254. The Kier molecular flexibility index (Phi) is 4.37. The second-order valence-electron chi connectivity index (χ2n) is 3.36. The maximum atomic E-state index is 10.7. The number of rotatable bonds is 5. The lowest BCUT2D eigenvalue weighted by Crippen LogP contribution is -2.43. The van der Waals surface area contributed by atoms with Gasteiger partial charge in [-0.05, 0) is 29.7 Å². The summed E-state index contributed by atoms with van der Waals surface area (Å²) >= 11 is 3.97. The van der Waals surface area contributed by atoms with E-state index in [1.807, 2.05) is 0 Å². The molecule has 7 heteroatoms. The highest BCUT2D eigenvalue weighted by atomic mass is 33.1. The molecular formula is C6H14N2O2S3. The smallest absolute Gasteiger partial charge is 0.208 e. The summed E-state index contributed by atoms with van der Waals surface area (Å²) < 4.78 is 27.1. The molecule has 0 amide bonds. The fourth-order valence-electron chi connectivity index (χ4n) is 1.34. The van der Waals surface area contributed by atoms with E-state index in [2.05, 4.69) is 21.1 Å². The van der Waals surface area contributed by atoms with Crippen LogP contribution in [0.1, 0.15) is 12.8 Å². The maximum Gasteiger partial charge on any atom is 0.208 e. The van der Waals surface area contributed by atoms with Gasteiger partial charge in [0, 0.05) is 12.6 Å². The average Bonchev–Trinajstić information content (AvgIpc) is 1.91. The van der Waals surface area contributed by atoms with Gasteiger partial charge in [-0.1, -0.05) is 11.7 Å². The first-order valence-corrected chi connectivity index (χ1v) is 7.78. The van der Waals surface area contributed by atoms with Crippen LogP contribution in [0.25, 0.3) is 0 Å². The van der Waals surface area contributed by atoms with Gasteiger partial charge in [-0.15, -0.1) is 0 Å². The lowest BCUT2D eigenvalue weighted by Gasteiger charge is -2.34. The summed E-state index contributed by atoms with van der Waals surface area (Å²) in [5, 5.41) is 0. The predicted molar refractivity (Wildman–Crippen MR) is 59.1 cm³/mol. The third kappa shape index (κ3) is 4.55. The molecule has 0 unspecified atom stereocenters. The third-order valence-corrected chi connectivity index (χ3v) is 3.54. The molecule has 0 aliphatic heterocycles. The quantitative estimate of drug-likeness (QED) is 0.371. The van der Waals surface area contributed by atoms with Crippen molar-refractivity contribution in [1.29, 1.82) is 0 Å². The molecule has 0 atom stereocenters. The van der Waals surface area contributed by atoms with E-state index in [1.165, 1.54) is 17.2 Å². The maximum absolute atomic E-state index is 10.7. The summed E-state index contributed by atoms with van der Waals surface area (Å²) in [5.74, 6) is 0.479. The van der Waals surface area contributed by atoms with Gasteiger partial charge >= 0.3 is 0 Å². The first-order chi connectivity index (χ1) is 6.01. The second kappa shape index (κ2) is 4.88. The molecule has 0 bridgehead atoms. The lowest BCUT2D eigenvalue weighted by atomic mass is 9.81.